The van der Waals surface area contributed by atoms with Gasteiger partial charge in [-0.25, -0.2) is 4.98 Å². The summed E-state index contributed by atoms with van der Waals surface area (Å²) in [5, 5.41) is 0. The Morgan fingerprint density at radius 1 is 1.58 bits per heavy atom. The molecule has 0 saturated carbocycles. The smallest absolute Gasteiger partial charge is 0.240 e. The number of amides is 1. The lowest BCUT2D eigenvalue weighted by Crippen LogP contribution is -2.04. The Bertz CT molecular complexity index is 251. The van der Waals surface area contributed by atoms with E-state index in [4.69, 9.17) is 0 Å². The van der Waals surface area contributed by atoms with Crippen molar-refractivity contribution >= 4 is 12.1 Å². The minimum Gasteiger partial charge on any atom is -0.366 e. The highest BCUT2D eigenvalue weighted by Crippen LogP contribution is 1.81. The van der Waals surface area contributed by atoms with Crippen LogP contribution >= 0.6 is 0 Å². The van der Waals surface area contributed by atoms with Gasteiger partial charge in [0.1, 0.15) is 0 Å². The Labute approximate surface area is 71.0 Å². The van der Waals surface area contributed by atoms with Gasteiger partial charge in [-0.15, -0.1) is 0 Å². The van der Waals surface area contributed by atoms with Crippen molar-refractivity contribution in [1.29, 1.82) is 0 Å². The van der Waals surface area contributed by atoms with Gasteiger partial charge in [0.2, 0.25) is 5.91 Å². The molecule has 4 nitrogen and oxygen atoms in total. The number of aromatic nitrogens is 2. The van der Waals surface area contributed by atoms with E-state index in [1.165, 1.54) is 0 Å². The van der Waals surface area contributed by atoms with Crippen molar-refractivity contribution in [1.82, 2.24) is 9.55 Å². The van der Waals surface area contributed by atoms with Crippen LogP contribution in [-0.4, -0.2) is 15.5 Å². The molecule has 2 N–H and O–H groups in total. The summed E-state index contributed by atoms with van der Waals surface area (Å²) in [5.74, 6) is -0.481. The van der Waals surface area contributed by atoms with Crippen LogP contribution < -0.4 is 5.73 Å². The second-order valence-corrected chi connectivity index (χ2v) is 1.80. The van der Waals surface area contributed by atoms with E-state index in [-0.39, 0.29) is 0 Å². The van der Waals surface area contributed by atoms with Crippen LogP contribution in [0.15, 0.2) is 38.0 Å². The number of nitrogens with two attached hydrogens (primary N) is 1. The third kappa shape index (κ3) is 4.99. The van der Waals surface area contributed by atoms with Crippen molar-refractivity contribution in [2.24, 2.45) is 5.73 Å². The minimum atomic E-state index is -0.481. The van der Waals surface area contributed by atoms with E-state index in [2.05, 4.69) is 23.9 Å². The number of carbonyl (C=O) groups excluding carboxylic acids is 1. The first-order chi connectivity index (χ1) is 5.70. The maximum Gasteiger partial charge on any atom is 0.240 e. The van der Waals surface area contributed by atoms with Gasteiger partial charge in [0, 0.05) is 18.6 Å². The molecule has 0 radical (unpaired) electrons. The fraction of sp³-hybridized carbons (Fsp3) is 0. The first-order valence-electron chi connectivity index (χ1n) is 3.22. The van der Waals surface area contributed by atoms with Crippen LogP contribution in [0.4, 0.5) is 0 Å². The second-order valence-electron chi connectivity index (χ2n) is 1.80. The maximum atomic E-state index is 9.47. The molecule has 0 bridgehead atoms. The van der Waals surface area contributed by atoms with Crippen LogP contribution in [0, 0.1) is 0 Å². The summed E-state index contributed by atoms with van der Waals surface area (Å²) in [5.41, 5.74) is 4.53. The van der Waals surface area contributed by atoms with E-state index in [1.807, 2.05) is 6.20 Å². The average Bonchev–Trinajstić information content (AvgIpc) is 2.57. The average molecular weight is 165 g/mol. The number of rotatable bonds is 2. The zero-order valence-electron chi connectivity index (χ0n) is 6.68. The fourth-order valence-corrected chi connectivity index (χ4v) is 0.377. The lowest BCUT2D eigenvalue weighted by molar-refractivity contribution is -0.113. The third-order valence-corrected chi connectivity index (χ3v) is 0.937. The SMILES string of the molecule is C=CC(N)=O.C=Cn1ccnc1. The first-order valence-corrected chi connectivity index (χ1v) is 3.22. The first kappa shape index (κ1) is 10.2. The van der Waals surface area contributed by atoms with Gasteiger partial charge in [-0.3, -0.25) is 4.79 Å². The minimum absolute atomic E-state index is 0.481. The third-order valence-electron chi connectivity index (χ3n) is 0.937. The van der Waals surface area contributed by atoms with Crippen LogP contribution in [0.3, 0.4) is 0 Å². The van der Waals surface area contributed by atoms with Crippen LogP contribution in [0.1, 0.15) is 0 Å². The molecule has 4 heteroatoms. The summed E-state index contributed by atoms with van der Waals surface area (Å²) < 4.78 is 1.78. The molecular formula is C8H11N3O. The highest BCUT2D eigenvalue weighted by molar-refractivity contribution is 5.84. The van der Waals surface area contributed by atoms with Gasteiger partial charge in [-0.1, -0.05) is 13.2 Å². The summed E-state index contributed by atoms with van der Waals surface area (Å²) in [6, 6.07) is 0. The van der Waals surface area contributed by atoms with Gasteiger partial charge in [0.15, 0.2) is 0 Å². The van der Waals surface area contributed by atoms with Gasteiger partial charge in [0.25, 0.3) is 0 Å². The largest absolute Gasteiger partial charge is 0.366 e. The number of hydrogen-bond donors (Lipinski definition) is 1. The van der Waals surface area contributed by atoms with Crippen LogP contribution in [0.2, 0.25) is 0 Å². The maximum absolute atomic E-state index is 9.47. The molecule has 0 aliphatic carbocycles. The molecule has 64 valence electrons. The van der Waals surface area contributed by atoms with Crippen LogP contribution in [0.5, 0.6) is 0 Å². The molecule has 0 atom stereocenters. The molecule has 1 aromatic rings. The fourth-order valence-electron chi connectivity index (χ4n) is 0.377. The molecule has 0 fully saturated rings. The van der Waals surface area contributed by atoms with Crippen molar-refractivity contribution in [2.45, 2.75) is 0 Å². The standard InChI is InChI=1S/C5H6N2.C3H5NO/c1-2-7-4-3-6-5-7;1-2-3(4)5/h2-5H,1H2;2H,1H2,(H2,4,5). The van der Waals surface area contributed by atoms with E-state index >= 15 is 0 Å². The molecule has 1 rings (SSSR count). The van der Waals surface area contributed by atoms with Crippen molar-refractivity contribution < 1.29 is 4.79 Å². The Kier molecular flexibility index (Phi) is 5.00. The van der Waals surface area contributed by atoms with Crippen molar-refractivity contribution in [3.05, 3.63) is 38.0 Å². The summed E-state index contributed by atoms with van der Waals surface area (Å²) in [6.07, 6.45) is 7.97. The topological polar surface area (TPSA) is 60.9 Å². The van der Waals surface area contributed by atoms with Crippen LogP contribution in [0.25, 0.3) is 6.20 Å². The van der Waals surface area contributed by atoms with Gasteiger partial charge in [0.05, 0.1) is 6.33 Å². The van der Waals surface area contributed by atoms with E-state index in [9.17, 15) is 4.79 Å². The zero-order valence-corrected chi connectivity index (χ0v) is 6.68. The molecule has 0 spiro atoms. The molecule has 1 aromatic heterocycles. The highest BCUT2D eigenvalue weighted by Gasteiger charge is 1.73. The summed E-state index contributed by atoms with van der Waals surface area (Å²) in [6.45, 7) is 6.61. The molecule has 0 aliphatic heterocycles. The lowest BCUT2D eigenvalue weighted by atomic mass is 10.6. The molecule has 0 unspecified atom stereocenters. The summed E-state index contributed by atoms with van der Waals surface area (Å²) >= 11 is 0. The normalized spacial score (nSPS) is 7.67. The molecule has 1 heterocycles. The zero-order chi connectivity index (χ0) is 9.40. The van der Waals surface area contributed by atoms with Crippen molar-refractivity contribution in [3.63, 3.8) is 0 Å². The Morgan fingerprint density at radius 3 is 2.33 bits per heavy atom. The van der Waals surface area contributed by atoms with Gasteiger partial charge >= 0.3 is 0 Å². The number of primary amides is 1. The van der Waals surface area contributed by atoms with Gasteiger partial charge in [-0.2, -0.15) is 0 Å². The van der Waals surface area contributed by atoms with E-state index in [1.54, 1.807) is 23.3 Å². The summed E-state index contributed by atoms with van der Waals surface area (Å²) in [7, 11) is 0. The summed E-state index contributed by atoms with van der Waals surface area (Å²) in [4.78, 5) is 13.3. The molecule has 0 aliphatic rings. The second kappa shape index (κ2) is 5.91. The van der Waals surface area contributed by atoms with Gasteiger partial charge < -0.3 is 10.3 Å². The number of carbonyl (C=O) groups is 1. The quantitative estimate of drug-likeness (QED) is 0.654. The van der Waals surface area contributed by atoms with Gasteiger partial charge in [-0.05, 0) is 6.08 Å². The molecule has 0 aromatic carbocycles. The van der Waals surface area contributed by atoms with Crippen LogP contribution in [-0.2, 0) is 4.79 Å². The van der Waals surface area contributed by atoms with Crippen molar-refractivity contribution in [2.75, 3.05) is 0 Å². The van der Waals surface area contributed by atoms with Crippen molar-refractivity contribution in [3.8, 4) is 0 Å². The van der Waals surface area contributed by atoms with E-state index in [0.717, 1.165) is 6.08 Å². The molecule has 12 heavy (non-hydrogen) atoms. The Balaban J connectivity index is 0.000000217. The monoisotopic (exact) mass is 165 g/mol. The molecular weight excluding hydrogens is 154 g/mol. The Hall–Kier alpha value is -1.84. The molecule has 1 amide bonds. The number of imidazole rings is 1. The van der Waals surface area contributed by atoms with E-state index < -0.39 is 5.91 Å². The Morgan fingerprint density at radius 2 is 2.17 bits per heavy atom. The van der Waals surface area contributed by atoms with E-state index in [0.29, 0.717) is 0 Å². The number of nitrogens with zero attached hydrogens (tertiary/aromatic N) is 2. The predicted octanol–water partition coefficient (Wildman–Crippen LogP) is 0.641. The predicted molar refractivity (Wildman–Crippen MR) is 48.0 cm³/mol. The number of hydrogen-bond acceptors (Lipinski definition) is 2. The molecule has 0 saturated heterocycles. The lowest BCUT2D eigenvalue weighted by Gasteiger charge is -1.80. The highest BCUT2D eigenvalue weighted by atomic mass is 16.1.